The number of primary amides is 1. The molecule has 0 aliphatic rings. The zero-order valence-electron chi connectivity index (χ0n) is 12.4. The number of hydrogen-bond acceptors (Lipinski definition) is 2. The van der Waals surface area contributed by atoms with Crippen molar-refractivity contribution in [2.75, 3.05) is 0 Å². The van der Waals surface area contributed by atoms with E-state index in [1.165, 1.54) is 0 Å². The highest BCUT2D eigenvalue weighted by molar-refractivity contribution is 6.17. The average Bonchev–Trinajstić information content (AvgIpc) is 2.90. The predicted octanol–water partition coefficient (Wildman–Crippen LogP) is 3.34. The molecule has 4 heteroatoms. The van der Waals surface area contributed by atoms with Crippen LogP contribution in [0.1, 0.15) is 15.9 Å². The molecular formula is C19H15N3O. The molecule has 2 aromatic carbocycles. The Hall–Kier alpha value is -3.14. The Bertz CT molecular complexity index is 1020. The third kappa shape index (κ3) is 2.16. The molecule has 4 nitrogen and oxygen atoms in total. The van der Waals surface area contributed by atoms with E-state index in [-0.39, 0.29) is 0 Å². The molecule has 112 valence electrons. The Morgan fingerprint density at radius 3 is 2.61 bits per heavy atom. The van der Waals surface area contributed by atoms with Crippen molar-refractivity contribution < 1.29 is 4.79 Å². The van der Waals surface area contributed by atoms with Crippen LogP contribution in [0.4, 0.5) is 0 Å². The van der Waals surface area contributed by atoms with E-state index in [0.717, 1.165) is 27.4 Å². The lowest BCUT2D eigenvalue weighted by Crippen LogP contribution is -2.11. The monoisotopic (exact) mass is 301 g/mol. The van der Waals surface area contributed by atoms with Crippen LogP contribution in [0.3, 0.4) is 0 Å². The highest BCUT2D eigenvalue weighted by Crippen LogP contribution is 2.32. The fourth-order valence-electron chi connectivity index (χ4n) is 3.15. The number of carbonyl (C=O) groups excluding carboxylic acids is 1. The highest BCUT2D eigenvalue weighted by atomic mass is 16.1. The summed E-state index contributed by atoms with van der Waals surface area (Å²) in [5, 5.41) is 1.96. The lowest BCUT2D eigenvalue weighted by atomic mass is 10.1. The lowest BCUT2D eigenvalue weighted by molar-refractivity contribution is 0.100. The smallest absolute Gasteiger partial charge is 0.249 e. The van der Waals surface area contributed by atoms with E-state index in [2.05, 4.69) is 15.6 Å². The van der Waals surface area contributed by atoms with Gasteiger partial charge >= 0.3 is 0 Å². The van der Waals surface area contributed by atoms with Gasteiger partial charge in [0.15, 0.2) is 0 Å². The van der Waals surface area contributed by atoms with Crippen LogP contribution in [0.15, 0.2) is 67.0 Å². The second-order valence-electron chi connectivity index (χ2n) is 5.53. The van der Waals surface area contributed by atoms with Gasteiger partial charge in [0.1, 0.15) is 0 Å². The number of aromatic nitrogens is 2. The summed E-state index contributed by atoms with van der Waals surface area (Å²) in [5.74, 6) is -0.403. The topological polar surface area (TPSA) is 60.9 Å². The Labute approximate surface area is 133 Å². The number of fused-ring (bicyclic) bond motifs is 3. The second-order valence-corrected chi connectivity index (χ2v) is 5.53. The lowest BCUT2D eigenvalue weighted by Gasteiger charge is -2.07. The SMILES string of the molecule is NC(=O)c1cccc2c1c1ccccc1n2Cc1cccnc1. The molecule has 0 spiro atoms. The van der Waals surface area contributed by atoms with Gasteiger partial charge in [0, 0.05) is 40.8 Å². The third-order valence-corrected chi connectivity index (χ3v) is 4.13. The molecule has 2 N–H and O–H groups in total. The van der Waals surface area contributed by atoms with Crippen molar-refractivity contribution in [2.24, 2.45) is 5.73 Å². The first kappa shape index (κ1) is 13.5. The molecular weight excluding hydrogens is 286 g/mol. The number of para-hydroxylation sites is 1. The summed E-state index contributed by atoms with van der Waals surface area (Å²) in [6.45, 7) is 0.695. The molecule has 4 rings (SSSR count). The van der Waals surface area contributed by atoms with E-state index in [0.29, 0.717) is 12.1 Å². The quantitative estimate of drug-likeness (QED) is 0.631. The minimum atomic E-state index is -0.403. The standard InChI is InChI=1S/C19H15N3O/c20-19(23)15-7-3-9-17-18(15)14-6-1-2-8-16(14)22(17)12-13-5-4-10-21-11-13/h1-11H,12H2,(H2,20,23). The molecule has 0 aliphatic carbocycles. The largest absolute Gasteiger partial charge is 0.366 e. The van der Waals surface area contributed by atoms with E-state index >= 15 is 0 Å². The van der Waals surface area contributed by atoms with Crippen LogP contribution in [0.5, 0.6) is 0 Å². The predicted molar refractivity (Wildman–Crippen MR) is 91.3 cm³/mol. The number of amides is 1. The zero-order chi connectivity index (χ0) is 15.8. The van der Waals surface area contributed by atoms with Gasteiger partial charge < -0.3 is 10.3 Å². The molecule has 0 atom stereocenters. The summed E-state index contributed by atoms with van der Waals surface area (Å²) in [7, 11) is 0. The number of nitrogens with zero attached hydrogens (tertiary/aromatic N) is 2. The summed E-state index contributed by atoms with van der Waals surface area (Å²) in [4.78, 5) is 16.0. The fourth-order valence-corrected chi connectivity index (χ4v) is 3.15. The van der Waals surface area contributed by atoms with Gasteiger partial charge in [-0.1, -0.05) is 30.3 Å². The van der Waals surface area contributed by atoms with E-state index in [1.54, 1.807) is 12.3 Å². The number of hydrogen-bond donors (Lipinski definition) is 1. The summed E-state index contributed by atoms with van der Waals surface area (Å²) in [6.07, 6.45) is 3.62. The molecule has 0 fully saturated rings. The number of nitrogens with two attached hydrogens (primary N) is 1. The van der Waals surface area contributed by atoms with Crippen LogP contribution in [-0.4, -0.2) is 15.5 Å². The first-order valence-corrected chi connectivity index (χ1v) is 7.44. The van der Waals surface area contributed by atoms with Gasteiger partial charge in [-0.05, 0) is 29.8 Å². The molecule has 0 aliphatic heterocycles. The molecule has 2 heterocycles. The second kappa shape index (κ2) is 5.25. The van der Waals surface area contributed by atoms with Gasteiger partial charge in [-0.15, -0.1) is 0 Å². The summed E-state index contributed by atoms with van der Waals surface area (Å²) >= 11 is 0. The zero-order valence-corrected chi connectivity index (χ0v) is 12.4. The van der Waals surface area contributed by atoms with E-state index < -0.39 is 5.91 Å². The van der Waals surface area contributed by atoms with Gasteiger partial charge in [0.05, 0.1) is 5.52 Å². The van der Waals surface area contributed by atoms with E-state index in [9.17, 15) is 4.79 Å². The van der Waals surface area contributed by atoms with Crippen LogP contribution in [0.25, 0.3) is 21.8 Å². The van der Waals surface area contributed by atoms with Crippen LogP contribution < -0.4 is 5.73 Å². The van der Waals surface area contributed by atoms with Gasteiger partial charge in [0.2, 0.25) is 5.91 Å². The van der Waals surface area contributed by atoms with Crippen LogP contribution in [-0.2, 0) is 6.54 Å². The molecule has 1 amide bonds. The van der Waals surface area contributed by atoms with Crippen molar-refractivity contribution in [1.82, 2.24) is 9.55 Å². The third-order valence-electron chi connectivity index (χ3n) is 4.13. The van der Waals surface area contributed by atoms with Crippen molar-refractivity contribution in [3.63, 3.8) is 0 Å². The first-order chi connectivity index (χ1) is 11.3. The average molecular weight is 301 g/mol. The van der Waals surface area contributed by atoms with E-state index in [1.807, 2.05) is 48.7 Å². The Balaban J connectivity index is 2.06. The number of benzene rings is 2. The molecule has 4 aromatic rings. The molecule has 0 bridgehead atoms. The van der Waals surface area contributed by atoms with Gasteiger partial charge in [0.25, 0.3) is 0 Å². The normalized spacial score (nSPS) is 11.1. The van der Waals surface area contributed by atoms with Crippen molar-refractivity contribution in [2.45, 2.75) is 6.54 Å². The maximum atomic E-state index is 11.8. The fraction of sp³-hybridized carbons (Fsp3) is 0.0526. The summed E-state index contributed by atoms with van der Waals surface area (Å²) < 4.78 is 2.20. The summed E-state index contributed by atoms with van der Waals surface area (Å²) in [5.41, 5.74) is 9.33. The molecule has 0 unspecified atom stereocenters. The minimum absolute atomic E-state index is 0.403. The van der Waals surface area contributed by atoms with Crippen LogP contribution >= 0.6 is 0 Å². The Morgan fingerprint density at radius 2 is 1.83 bits per heavy atom. The van der Waals surface area contributed by atoms with Crippen molar-refractivity contribution in [3.05, 3.63) is 78.1 Å². The Kier molecular flexibility index (Phi) is 3.08. The van der Waals surface area contributed by atoms with Gasteiger partial charge in [-0.25, -0.2) is 0 Å². The summed E-state index contributed by atoms with van der Waals surface area (Å²) in [6, 6.07) is 17.7. The van der Waals surface area contributed by atoms with Crippen molar-refractivity contribution in [1.29, 1.82) is 0 Å². The molecule has 23 heavy (non-hydrogen) atoms. The molecule has 2 aromatic heterocycles. The maximum Gasteiger partial charge on any atom is 0.249 e. The van der Waals surface area contributed by atoms with Gasteiger partial charge in [-0.3, -0.25) is 9.78 Å². The van der Waals surface area contributed by atoms with Crippen molar-refractivity contribution in [3.8, 4) is 0 Å². The maximum absolute atomic E-state index is 11.8. The van der Waals surface area contributed by atoms with Crippen LogP contribution in [0.2, 0.25) is 0 Å². The first-order valence-electron chi connectivity index (χ1n) is 7.44. The Morgan fingerprint density at radius 1 is 1.00 bits per heavy atom. The van der Waals surface area contributed by atoms with E-state index in [4.69, 9.17) is 5.73 Å². The van der Waals surface area contributed by atoms with Gasteiger partial charge in [-0.2, -0.15) is 0 Å². The van der Waals surface area contributed by atoms with Crippen LogP contribution in [0, 0.1) is 0 Å². The number of rotatable bonds is 3. The number of carbonyl (C=O) groups is 1. The molecule has 0 saturated heterocycles. The number of pyridine rings is 1. The van der Waals surface area contributed by atoms with Crippen molar-refractivity contribution >= 4 is 27.7 Å². The molecule has 0 saturated carbocycles. The molecule has 0 radical (unpaired) electrons. The highest BCUT2D eigenvalue weighted by Gasteiger charge is 2.15. The minimum Gasteiger partial charge on any atom is -0.366 e.